The summed E-state index contributed by atoms with van der Waals surface area (Å²) in [5, 5.41) is 3.36. The monoisotopic (exact) mass is 188 g/mol. The molecule has 0 saturated carbocycles. The van der Waals surface area contributed by atoms with Crippen LogP contribution in [-0.4, -0.2) is 18.5 Å². The maximum atomic E-state index is 11.7. The lowest BCUT2D eigenvalue weighted by molar-refractivity contribution is -0.117. The number of nitrogens with one attached hydrogen (secondary N) is 1. The fraction of sp³-hybridized carbons (Fsp3) is 0.364. The molecule has 1 saturated heterocycles. The highest BCUT2D eigenvalue weighted by atomic mass is 16.2. The predicted octanol–water partition coefficient (Wildman–Crippen LogP) is 1.61. The Morgan fingerprint density at radius 3 is 3.14 bits per heavy atom. The van der Waals surface area contributed by atoms with Crippen LogP contribution in [0, 0.1) is 0 Å². The van der Waals surface area contributed by atoms with Gasteiger partial charge in [0.1, 0.15) is 0 Å². The maximum Gasteiger partial charge on any atom is 0.227 e. The van der Waals surface area contributed by atoms with Gasteiger partial charge in [-0.25, -0.2) is 0 Å². The van der Waals surface area contributed by atoms with E-state index in [9.17, 15) is 4.79 Å². The molecule has 72 valence electrons. The summed E-state index contributed by atoms with van der Waals surface area (Å²) in [6.07, 6.45) is 1.68. The third kappa shape index (κ3) is 0.953. The van der Waals surface area contributed by atoms with Crippen LogP contribution in [0.25, 0.3) is 0 Å². The SMILES string of the molecule is O=C1CCC2CNc3ccccc3N12. The second kappa shape index (κ2) is 2.74. The molecular formula is C11H12N2O. The average molecular weight is 188 g/mol. The van der Waals surface area contributed by atoms with Crippen LogP contribution in [0.15, 0.2) is 24.3 Å². The van der Waals surface area contributed by atoms with Crippen LogP contribution in [0.4, 0.5) is 11.4 Å². The molecule has 14 heavy (non-hydrogen) atoms. The minimum atomic E-state index is 0.268. The fourth-order valence-electron chi connectivity index (χ4n) is 2.33. The molecule has 1 unspecified atom stereocenters. The Kier molecular flexibility index (Phi) is 1.54. The second-order valence-electron chi connectivity index (χ2n) is 3.85. The summed E-state index contributed by atoms with van der Waals surface area (Å²) in [6, 6.07) is 8.38. The van der Waals surface area contributed by atoms with Crippen molar-refractivity contribution in [3.8, 4) is 0 Å². The highest BCUT2D eigenvalue weighted by molar-refractivity contribution is 6.00. The summed E-state index contributed by atoms with van der Waals surface area (Å²) in [5.74, 6) is 0.268. The van der Waals surface area contributed by atoms with E-state index in [4.69, 9.17) is 0 Å². The van der Waals surface area contributed by atoms with E-state index in [1.807, 2.05) is 29.2 Å². The number of benzene rings is 1. The molecule has 3 rings (SSSR count). The lowest BCUT2D eigenvalue weighted by Gasteiger charge is -2.32. The van der Waals surface area contributed by atoms with Crippen molar-refractivity contribution >= 4 is 17.3 Å². The predicted molar refractivity (Wildman–Crippen MR) is 55.4 cm³/mol. The van der Waals surface area contributed by atoms with E-state index in [0.29, 0.717) is 12.5 Å². The second-order valence-corrected chi connectivity index (χ2v) is 3.85. The van der Waals surface area contributed by atoms with Gasteiger partial charge in [0.15, 0.2) is 0 Å². The molecule has 2 aliphatic heterocycles. The third-order valence-electron chi connectivity index (χ3n) is 3.02. The van der Waals surface area contributed by atoms with Crippen molar-refractivity contribution < 1.29 is 4.79 Å². The number of para-hydroxylation sites is 2. The highest BCUT2D eigenvalue weighted by Gasteiger charge is 2.35. The summed E-state index contributed by atoms with van der Waals surface area (Å²) < 4.78 is 0. The van der Waals surface area contributed by atoms with Crippen LogP contribution in [0.3, 0.4) is 0 Å². The topological polar surface area (TPSA) is 32.3 Å². The van der Waals surface area contributed by atoms with Crippen molar-refractivity contribution in [2.24, 2.45) is 0 Å². The van der Waals surface area contributed by atoms with Gasteiger partial charge < -0.3 is 10.2 Å². The van der Waals surface area contributed by atoms with Crippen molar-refractivity contribution in [1.29, 1.82) is 0 Å². The number of rotatable bonds is 0. The van der Waals surface area contributed by atoms with Gasteiger partial charge in [-0.15, -0.1) is 0 Å². The quantitative estimate of drug-likeness (QED) is 0.670. The number of amides is 1. The molecule has 1 aromatic rings. The number of hydrogen-bond donors (Lipinski definition) is 1. The normalized spacial score (nSPS) is 24.1. The summed E-state index contributed by atoms with van der Waals surface area (Å²) in [5.41, 5.74) is 2.13. The number of carbonyl (C=O) groups is 1. The van der Waals surface area contributed by atoms with Gasteiger partial charge in [0.25, 0.3) is 0 Å². The molecule has 0 spiro atoms. The van der Waals surface area contributed by atoms with Crippen LogP contribution in [0.1, 0.15) is 12.8 Å². The first-order chi connectivity index (χ1) is 6.86. The minimum absolute atomic E-state index is 0.268. The standard InChI is InChI=1S/C11H12N2O/c14-11-6-5-8-7-12-9-3-1-2-4-10(9)13(8)11/h1-4,8,12H,5-7H2. The van der Waals surface area contributed by atoms with Gasteiger partial charge in [0, 0.05) is 13.0 Å². The van der Waals surface area contributed by atoms with E-state index in [1.165, 1.54) is 0 Å². The Bertz CT molecular complexity index is 389. The van der Waals surface area contributed by atoms with Gasteiger partial charge in [0.2, 0.25) is 5.91 Å². The number of fused-ring (bicyclic) bond motifs is 3. The van der Waals surface area contributed by atoms with E-state index in [-0.39, 0.29) is 5.91 Å². The lowest BCUT2D eigenvalue weighted by atomic mass is 10.1. The number of anilines is 2. The van der Waals surface area contributed by atoms with Crippen LogP contribution in [-0.2, 0) is 4.79 Å². The first kappa shape index (κ1) is 7.85. The zero-order valence-electron chi connectivity index (χ0n) is 7.86. The van der Waals surface area contributed by atoms with Gasteiger partial charge in [-0.2, -0.15) is 0 Å². The molecule has 0 aromatic heterocycles. The Morgan fingerprint density at radius 2 is 2.21 bits per heavy atom. The Morgan fingerprint density at radius 1 is 1.36 bits per heavy atom. The molecule has 0 aliphatic carbocycles. The van der Waals surface area contributed by atoms with Crippen molar-refractivity contribution in [3.63, 3.8) is 0 Å². The molecule has 3 nitrogen and oxygen atoms in total. The zero-order chi connectivity index (χ0) is 9.54. The van der Waals surface area contributed by atoms with Crippen LogP contribution < -0.4 is 10.2 Å². The Hall–Kier alpha value is -1.51. The maximum absolute atomic E-state index is 11.7. The van der Waals surface area contributed by atoms with E-state index >= 15 is 0 Å². The average Bonchev–Trinajstić information content (AvgIpc) is 2.61. The molecule has 2 heterocycles. The molecule has 1 aromatic carbocycles. The first-order valence-corrected chi connectivity index (χ1v) is 5.01. The molecule has 0 bridgehead atoms. The van der Waals surface area contributed by atoms with Gasteiger partial charge >= 0.3 is 0 Å². The Labute approximate surface area is 82.7 Å². The van der Waals surface area contributed by atoms with E-state index in [2.05, 4.69) is 5.32 Å². The smallest absolute Gasteiger partial charge is 0.227 e. The van der Waals surface area contributed by atoms with Crippen molar-refractivity contribution in [3.05, 3.63) is 24.3 Å². The molecule has 1 N–H and O–H groups in total. The van der Waals surface area contributed by atoms with Gasteiger partial charge in [-0.1, -0.05) is 12.1 Å². The fourth-order valence-corrected chi connectivity index (χ4v) is 2.33. The van der Waals surface area contributed by atoms with Gasteiger partial charge in [-0.3, -0.25) is 4.79 Å². The molecule has 2 aliphatic rings. The molecule has 0 radical (unpaired) electrons. The third-order valence-corrected chi connectivity index (χ3v) is 3.02. The first-order valence-electron chi connectivity index (χ1n) is 5.01. The lowest BCUT2D eigenvalue weighted by Crippen LogP contribution is -2.41. The minimum Gasteiger partial charge on any atom is -0.381 e. The number of nitrogens with zero attached hydrogens (tertiary/aromatic N) is 1. The summed E-state index contributed by atoms with van der Waals surface area (Å²) in [4.78, 5) is 13.6. The summed E-state index contributed by atoms with van der Waals surface area (Å²) >= 11 is 0. The molecule has 1 amide bonds. The molecular weight excluding hydrogens is 176 g/mol. The van der Waals surface area contributed by atoms with Crippen molar-refractivity contribution in [1.82, 2.24) is 0 Å². The molecule has 3 heteroatoms. The zero-order valence-corrected chi connectivity index (χ0v) is 7.86. The van der Waals surface area contributed by atoms with Gasteiger partial charge in [0.05, 0.1) is 17.4 Å². The van der Waals surface area contributed by atoms with E-state index < -0.39 is 0 Å². The van der Waals surface area contributed by atoms with E-state index in [0.717, 1.165) is 24.3 Å². The van der Waals surface area contributed by atoms with Crippen LogP contribution in [0.2, 0.25) is 0 Å². The summed E-state index contributed by atoms with van der Waals surface area (Å²) in [7, 11) is 0. The largest absolute Gasteiger partial charge is 0.381 e. The van der Waals surface area contributed by atoms with Crippen molar-refractivity contribution in [2.75, 3.05) is 16.8 Å². The van der Waals surface area contributed by atoms with Gasteiger partial charge in [-0.05, 0) is 18.6 Å². The highest BCUT2D eigenvalue weighted by Crippen LogP contribution is 2.36. The number of hydrogen-bond acceptors (Lipinski definition) is 2. The van der Waals surface area contributed by atoms with Crippen LogP contribution >= 0.6 is 0 Å². The summed E-state index contributed by atoms with van der Waals surface area (Å²) in [6.45, 7) is 0.892. The molecule has 1 fully saturated rings. The Balaban J connectivity index is 2.11. The van der Waals surface area contributed by atoms with Crippen molar-refractivity contribution in [2.45, 2.75) is 18.9 Å². The van der Waals surface area contributed by atoms with Crippen LogP contribution in [0.5, 0.6) is 0 Å². The van der Waals surface area contributed by atoms with E-state index in [1.54, 1.807) is 0 Å². The number of carbonyl (C=O) groups excluding carboxylic acids is 1. The molecule has 1 atom stereocenters.